The number of aliphatic hydroxyl groups excluding tert-OH is 1. The molecule has 2 aliphatic heterocycles. The van der Waals surface area contributed by atoms with Crippen molar-refractivity contribution < 1.29 is 19.8 Å². The summed E-state index contributed by atoms with van der Waals surface area (Å²) in [5.74, 6) is -2.17. The third-order valence-corrected chi connectivity index (χ3v) is 4.45. The number of fused-ring (bicyclic) bond motifs is 1. The first kappa shape index (κ1) is 15.1. The molecule has 7 heteroatoms. The number of carbonyl (C=O) groups excluding carboxylic acids is 1. The predicted octanol–water partition coefficient (Wildman–Crippen LogP) is 0.548. The molecule has 4 N–H and O–H groups in total. The van der Waals surface area contributed by atoms with Crippen LogP contribution in [0.15, 0.2) is 23.9 Å². The lowest BCUT2D eigenvalue weighted by atomic mass is 9.82. The van der Waals surface area contributed by atoms with E-state index >= 15 is 0 Å². The van der Waals surface area contributed by atoms with Crippen LogP contribution in [0.3, 0.4) is 0 Å². The monoisotopic (exact) mass is 313 g/mol. The first-order valence-electron chi connectivity index (χ1n) is 7.14. The molecule has 1 amide bonds. The van der Waals surface area contributed by atoms with Crippen LogP contribution in [0.2, 0.25) is 0 Å². The molecule has 0 unspecified atom stereocenters. The Morgan fingerprint density at radius 3 is 2.78 bits per heavy atom. The molecule has 3 rings (SSSR count). The smallest absolute Gasteiger partial charge is 0.352 e. The summed E-state index contributed by atoms with van der Waals surface area (Å²) >= 11 is 0. The van der Waals surface area contributed by atoms with Crippen LogP contribution in [0.4, 0.5) is 5.69 Å². The van der Waals surface area contributed by atoms with Crippen LogP contribution >= 0.6 is 0 Å². The molecular formula is C16H15N3O4. The largest absolute Gasteiger partial charge is 0.477 e. The van der Waals surface area contributed by atoms with Crippen molar-refractivity contribution in [3.63, 3.8) is 0 Å². The van der Waals surface area contributed by atoms with Gasteiger partial charge < -0.3 is 20.8 Å². The molecule has 3 atom stereocenters. The van der Waals surface area contributed by atoms with Gasteiger partial charge in [-0.2, -0.15) is 5.26 Å². The summed E-state index contributed by atoms with van der Waals surface area (Å²) in [4.78, 5) is 25.0. The van der Waals surface area contributed by atoms with Gasteiger partial charge in [0.25, 0.3) is 0 Å². The molecule has 1 saturated heterocycles. The number of amides is 1. The minimum atomic E-state index is -1.20. The summed E-state index contributed by atoms with van der Waals surface area (Å²) in [6.45, 7) is 1.52. The highest BCUT2D eigenvalue weighted by Crippen LogP contribution is 2.47. The molecule has 0 radical (unpaired) electrons. The number of aliphatic carboxylic acids is 1. The average Bonchev–Trinajstić information content (AvgIpc) is 2.82. The lowest BCUT2D eigenvalue weighted by Gasteiger charge is -2.44. The molecule has 1 aromatic rings. The maximum absolute atomic E-state index is 12.1. The molecule has 1 aromatic carbocycles. The van der Waals surface area contributed by atoms with E-state index in [1.165, 1.54) is 17.9 Å². The molecule has 0 saturated carbocycles. The van der Waals surface area contributed by atoms with Crippen molar-refractivity contribution >= 4 is 23.1 Å². The Kier molecular flexibility index (Phi) is 3.34. The van der Waals surface area contributed by atoms with E-state index in [1.807, 2.05) is 6.07 Å². The number of benzene rings is 1. The number of carbonyl (C=O) groups is 2. The number of nitriles is 1. The van der Waals surface area contributed by atoms with Crippen molar-refractivity contribution in [2.75, 3.05) is 5.73 Å². The number of rotatable bonds is 3. The highest BCUT2D eigenvalue weighted by Gasteiger charge is 2.56. The van der Waals surface area contributed by atoms with Crippen molar-refractivity contribution in [3.8, 4) is 6.07 Å². The van der Waals surface area contributed by atoms with Gasteiger partial charge in [-0.05, 0) is 36.6 Å². The third kappa shape index (κ3) is 2.07. The summed E-state index contributed by atoms with van der Waals surface area (Å²) in [6.07, 6.45) is -0.503. The number of nitrogen functional groups attached to an aromatic ring is 1. The molecule has 0 aliphatic carbocycles. The quantitative estimate of drug-likeness (QED) is 0.552. The number of carboxylic acid groups (broad SMARTS) is 1. The lowest BCUT2D eigenvalue weighted by molar-refractivity contribution is -0.161. The first-order valence-corrected chi connectivity index (χ1v) is 7.14. The van der Waals surface area contributed by atoms with E-state index in [0.717, 1.165) is 0 Å². The van der Waals surface area contributed by atoms with Gasteiger partial charge in [0.15, 0.2) is 0 Å². The van der Waals surface area contributed by atoms with Crippen LogP contribution in [-0.4, -0.2) is 39.1 Å². The molecular weight excluding hydrogens is 298 g/mol. The van der Waals surface area contributed by atoms with Crippen molar-refractivity contribution in [1.29, 1.82) is 5.26 Å². The lowest BCUT2D eigenvalue weighted by Crippen LogP contribution is -2.61. The Morgan fingerprint density at radius 1 is 1.52 bits per heavy atom. The number of hydrogen-bond donors (Lipinski definition) is 3. The van der Waals surface area contributed by atoms with E-state index in [4.69, 9.17) is 11.0 Å². The fraction of sp³-hybridized carbons (Fsp3) is 0.312. The second-order valence-corrected chi connectivity index (χ2v) is 5.79. The number of nitrogens with zero attached hydrogens (tertiary/aromatic N) is 2. The van der Waals surface area contributed by atoms with Crippen LogP contribution < -0.4 is 5.73 Å². The summed E-state index contributed by atoms with van der Waals surface area (Å²) in [7, 11) is 0. The van der Waals surface area contributed by atoms with Crippen molar-refractivity contribution in [2.45, 2.75) is 25.5 Å². The van der Waals surface area contributed by atoms with Crippen molar-refractivity contribution in [3.05, 3.63) is 35.0 Å². The number of β-lactam (4-membered cyclic amide) rings is 1. The average molecular weight is 313 g/mol. The van der Waals surface area contributed by atoms with Gasteiger partial charge >= 0.3 is 5.97 Å². The van der Waals surface area contributed by atoms with Crippen LogP contribution in [0.1, 0.15) is 24.5 Å². The highest BCUT2D eigenvalue weighted by molar-refractivity contribution is 6.06. The standard InChI is InChI=1S/C16H15N3O4/c1-7(20)13-12-5-10(14(16(22)23)19(12)15(13)21)8-2-3-11(18)9(4-8)6-17/h2-4,7,12-13,20H,5,18H2,1H3,(H,22,23)/t7-,12-,13-/m1/s1. The highest BCUT2D eigenvalue weighted by atomic mass is 16.4. The summed E-state index contributed by atoms with van der Waals surface area (Å²) in [5, 5.41) is 28.3. The van der Waals surface area contributed by atoms with E-state index in [2.05, 4.69) is 0 Å². The van der Waals surface area contributed by atoms with Gasteiger partial charge in [0.2, 0.25) is 5.91 Å². The summed E-state index contributed by atoms with van der Waals surface area (Å²) in [6, 6.07) is 6.32. The van der Waals surface area contributed by atoms with Crippen LogP contribution in [0, 0.1) is 17.2 Å². The number of anilines is 1. The fourth-order valence-electron chi connectivity index (χ4n) is 3.37. The summed E-state index contributed by atoms with van der Waals surface area (Å²) in [5.41, 5.74) is 7.22. The minimum absolute atomic E-state index is 0.0782. The molecule has 0 aromatic heterocycles. The first-order chi connectivity index (χ1) is 10.9. The Hall–Kier alpha value is -2.85. The predicted molar refractivity (Wildman–Crippen MR) is 80.5 cm³/mol. The van der Waals surface area contributed by atoms with Crippen molar-refractivity contribution in [1.82, 2.24) is 4.90 Å². The fourth-order valence-corrected chi connectivity index (χ4v) is 3.37. The van der Waals surface area contributed by atoms with Gasteiger partial charge in [-0.1, -0.05) is 6.07 Å². The Bertz CT molecular complexity index is 791. The second-order valence-electron chi connectivity index (χ2n) is 5.79. The molecule has 2 aliphatic rings. The zero-order valence-corrected chi connectivity index (χ0v) is 12.4. The topological polar surface area (TPSA) is 128 Å². The number of aliphatic hydroxyl groups is 1. The minimum Gasteiger partial charge on any atom is -0.477 e. The van der Waals surface area contributed by atoms with Gasteiger partial charge in [-0.3, -0.25) is 4.79 Å². The Balaban J connectivity index is 2.07. The molecule has 0 bridgehead atoms. The SMILES string of the molecule is C[C@@H](O)[C@H]1C(=O)N2C(C(=O)O)=C(c3ccc(N)c(C#N)c3)C[C@H]12. The molecule has 7 nitrogen and oxygen atoms in total. The van der Waals surface area contributed by atoms with Crippen molar-refractivity contribution in [2.24, 2.45) is 5.92 Å². The van der Waals surface area contributed by atoms with E-state index in [-0.39, 0.29) is 23.2 Å². The maximum atomic E-state index is 12.1. The Labute approximate surface area is 132 Å². The molecule has 23 heavy (non-hydrogen) atoms. The zero-order valence-electron chi connectivity index (χ0n) is 12.4. The summed E-state index contributed by atoms with van der Waals surface area (Å²) < 4.78 is 0. The second kappa shape index (κ2) is 5.11. The Morgan fingerprint density at radius 2 is 2.22 bits per heavy atom. The molecule has 1 fully saturated rings. The number of carboxylic acids is 1. The maximum Gasteiger partial charge on any atom is 0.352 e. The van der Waals surface area contributed by atoms with Gasteiger partial charge in [0.05, 0.1) is 23.6 Å². The number of nitrogens with two attached hydrogens (primary N) is 1. The van der Waals surface area contributed by atoms with E-state index < -0.39 is 18.0 Å². The van der Waals surface area contributed by atoms with Gasteiger partial charge in [-0.25, -0.2) is 4.79 Å². The molecule has 118 valence electrons. The molecule has 0 spiro atoms. The van der Waals surface area contributed by atoms with Crippen LogP contribution in [0.25, 0.3) is 5.57 Å². The third-order valence-electron chi connectivity index (χ3n) is 4.45. The van der Waals surface area contributed by atoms with Gasteiger partial charge in [0.1, 0.15) is 11.8 Å². The van der Waals surface area contributed by atoms with Gasteiger partial charge in [-0.15, -0.1) is 0 Å². The van der Waals surface area contributed by atoms with Gasteiger partial charge in [0, 0.05) is 5.69 Å². The van der Waals surface area contributed by atoms with Crippen LogP contribution in [0.5, 0.6) is 0 Å². The molecule has 2 heterocycles. The normalized spacial score (nSPS) is 24.0. The van der Waals surface area contributed by atoms with Crippen LogP contribution in [-0.2, 0) is 9.59 Å². The number of hydrogen-bond acceptors (Lipinski definition) is 5. The van der Waals surface area contributed by atoms with E-state index in [0.29, 0.717) is 23.2 Å². The van der Waals surface area contributed by atoms with E-state index in [1.54, 1.807) is 12.1 Å². The zero-order chi connectivity index (χ0) is 16.9. The van der Waals surface area contributed by atoms with E-state index in [9.17, 15) is 19.8 Å².